The van der Waals surface area contributed by atoms with Crippen molar-refractivity contribution in [3.63, 3.8) is 0 Å². The summed E-state index contributed by atoms with van der Waals surface area (Å²) in [5.41, 5.74) is 2.39. The quantitative estimate of drug-likeness (QED) is 0.684. The highest BCUT2D eigenvalue weighted by Crippen LogP contribution is 2.32. The van der Waals surface area contributed by atoms with Gasteiger partial charge in [0.2, 0.25) is 0 Å². The first-order valence-corrected chi connectivity index (χ1v) is 9.56. The first-order valence-electron chi connectivity index (χ1n) is 9.18. The maximum Gasteiger partial charge on any atom is 0.255 e. The van der Waals surface area contributed by atoms with Gasteiger partial charge in [-0.05, 0) is 18.2 Å². The predicted octanol–water partition coefficient (Wildman–Crippen LogP) is 3.77. The van der Waals surface area contributed by atoms with Crippen LogP contribution in [0, 0.1) is 0 Å². The number of morpholine rings is 1. The third kappa shape index (κ3) is 4.18. The molecule has 1 aliphatic rings. The molecule has 0 radical (unpaired) electrons. The monoisotopic (exact) mass is 419 g/mol. The van der Waals surface area contributed by atoms with Crippen molar-refractivity contribution in [2.24, 2.45) is 0 Å². The molecule has 0 bridgehead atoms. The number of carbonyl (C=O) groups excluding carboxylic acids is 1. The highest BCUT2D eigenvalue weighted by atomic mass is 35.5. The summed E-state index contributed by atoms with van der Waals surface area (Å²) in [7, 11) is 0. The molecule has 4 rings (SSSR count). The number of para-hydroxylation sites is 2. The lowest BCUT2D eigenvalue weighted by Gasteiger charge is -2.26. The lowest BCUT2D eigenvalue weighted by Crippen LogP contribution is -2.41. The summed E-state index contributed by atoms with van der Waals surface area (Å²) >= 11 is 6.68. The van der Waals surface area contributed by atoms with E-state index in [-0.39, 0.29) is 18.3 Å². The topological polar surface area (TPSA) is 46.5 Å². The Hall–Kier alpha value is -2.05. The molecule has 1 fully saturated rings. The van der Waals surface area contributed by atoms with E-state index in [4.69, 9.17) is 16.3 Å². The van der Waals surface area contributed by atoms with E-state index in [1.54, 1.807) is 0 Å². The molecule has 148 valence electrons. The Bertz CT molecular complexity index is 937. The van der Waals surface area contributed by atoms with Crippen molar-refractivity contribution in [1.29, 1.82) is 0 Å². The number of aromatic nitrogens is 1. The molecule has 2 aromatic carbocycles. The summed E-state index contributed by atoms with van der Waals surface area (Å²) in [5, 5.41) is 4.32. The van der Waals surface area contributed by atoms with Crippen LogP contribution in [0.5, 0.6) is 0 Å². The fraction of sp³-hybridized carbons (Fsp3) is 0.286. The van der Waals surface area contributed by atoms with Gasteiger partial charge >= 0.3 is 0 Å². The number of ether oxygens (including phenoxy) is 1. The van der Waals surface area contributed by atoms with Crippen LogP contribution in [0.2, 0.25) is 5.15 Å². The van der Waals surface area contributed by atoms with Gasteiger partial charge in [0.05, 0.1) is 24.3 Å². The predicted molar refractivity (Wildman–Crippen MR) is 115 cm³/mol. The first kappa shape index (κ1) is 20.7. The molecule has 5 nitrogen and oxygen atoms in total. The number of hydrogen-bond acceptors (Lipinski definition) is 3. The largest absolute Gasteiger partial charge is 0.379 e. The van der Waals surface area contributed by atoms with E-state index in [1.807, 2.05) is 59.2 Å². The van der Waals surface area contributed by atoms with Crippen molar-refractivity contribution < 1.29 is 9.53 Å². The lowest BCUT2D eigenvalue weighted by atomic mass is 10.1. The van der Waals surface area contributed by atoms with Crippen molar-refractivity contribution in [2.45, 2.75) is 0 Å². The average molecular weight is 420 g/mol. The van der Waals surface area contributed by atoms with E-state index < -0.39 is 0 Å². The Kier molecular flexibility index (Phi) is 6.97. The Morgan fingerprint density at radius 1 is 1.04 bits per heavy atom. The van der Waals surface area contributed by atoms with Crippen LogP contribution in [0.1, 0.15) is 10.4 Å². The summed E-state index contributed by atoms with van der Waals surface area (Å²) in [5.74, 6) is -0.140. The Balaban J connectivity index is 0.00000225. The van der Waals surface area contributed by atoms with E-state index in [1.165, 1.54) is 0 Å². The number of benzene rings is 2. The summed E-state index contributed by atoms with van der Waals surface area (Å²) in [6.07, 6.45) is 0. The number of carbonyl (C=O) groups is 1. The summed E-state index contributed by atoms with van der Waals surface area (Å²) in [6, 6.07) is 17.7. The lowest BCUT2D eigenvalue weighted by molar-refractivity contribution is 0.0383. The number of halogens is 2. The molecule has 1 saturated heterocycles. The van der Waals surface area contributed by atoms with E-state index >= 15 is 0 Å². The zero-order valence-electron chi connectivity index (χ0n) is 15.4. The summed E-state index contributed by atoms with van der Waals surface area (Å²) < 4.78 is 7.28. The van der Waals surface area contributed by atoms with Gasteiger partial charge in [0.1, 0.15) is 5.15 Å². The minimum Gasteiger partial charge on any atom is -0.379 e. The molecule has 28 heavy (non-hydrogen) atoms. The van der Waals surface area contributed by atoms with Crippen LogP contribution in [0.15, 0.2) is 54.6 Å². The molecule has 0 atom stereocenters. The van der Waals surface area contributed by atoms with Gasteiger partial charge in [0, 0.05) is 37.3 Å². The first-order chi connectivity index (χ1) is 13.3. The van der Waals surface area contributed by atoms with E-state index in [2.05, 4.69) is 10.2 Å². The van der Waals surface area contributed by atoms with Crippen molar-refractivity contribution in [1.82, 2.24) is 14.8 Å². The van der Waals surface area contributed by atoms with Gasteiger partial charge in [0.15, 0.2) is 0 Å². The van der Waals surface area contributed by atoms with Crippen molar-refractivity contribution in [2.75, 3.05) is 39.4 Å². The molecular formula is C21H23Cl2N3O2. The molecule has 3 aromatic rings. The zero-order valence-corrected chi connectivity index (χ0v) is 17.0. The highest BCUT2D eigenvalue weighted by molar-refractivity contribution is 6.36. The smallest absolute Gasteiger partial charge is 0.255 e. The maximum absolute atomic E-state index is 12.9. The van der Waals surface area contributed by atoms with Gasteiger partial charge < -0.3 is 10.1 Å². The fourth-order valence-corrected chi connectivity index (χ4v) is 3.87. The Labute approximate surface area is 175 Å². The second-order valence-corrected chi connectivity index (χ2v) is 6.92. The van der Waals surface area contributed by atoms with Crippen LogP contribution in [0.3, 0.4) is 0 Å². The number of amides is 1. The van der Waals surface area contributed by atoms with Gasteiger partial charge in [-0.25, -0.2) is 0 Å². The summed E-state index contributed by atoms with van der Waals surface area (Å²) in [4.78, 5) is 15.2. The molecule has 1 amide bonds. The van der Waals surface area contributed by atoms with Crippen LogP contribution in [0.25, 0.3) is 16.6 Å². The molecule has 0 spiro atoms. The standard InChI is InChI=1S/C21H22ClN3O2.ClH/c22-20-19(21(26)23-10-11-24-12-14-27-15-13-24)17-8-4-5-9-18(17)25(20)16-6-2-1-3-7-16;/h1-9H,10-15H2,(H,23,26);1H. The maximum atomic E-state index is 12.9. The molecule has 1 aliphatic heterocycles. The van der Waals surface area contributed by atoms with Gasteiger partial charge in [-0.15, -0.1) is 12.4 Å². The molecular weight excluding hydrogens is 397 g/mol. The molecule has 1 N–H and O–H groups in total. The average Bonchev–Trinajstić information content (AvgIpc) is 3.01. The Morgan fingerprint density at radius 3 is 2.46 bits per heavy atom. The van der Waals surface area contributed by atoms with Crippen molar-refractivity contribution in [3.8, 4) is 5.69 Å². The van der Waals surface area contributed by atoms with Crippen LogP contribution in [-0.2, 0) is 4.74 Å². The summed E-state index contributed by atoms with van der Waals surface area (Å²) in [6.45, 7) is 4.71. The van der Waals surface area contributed by atoms with E-state index in [0.717, 1.165) is 49.4 Å². The van der Waals surface area contributed by atoms with Gasteiger partial charge in [-0.2, -0.15) is 0 Å². The van der Waals surface area contributed by atoms with Crippen molar-refractivity contribution in [3.05, 3.63) is 65.3 Å². The number of hydrogen-bond donors (Lipinski definition) is 1. The van der Waals surface area contributed by atoms with Crippen LogP contribution in [0.4, 0.5) is 0 Å². The molecule has 0 aliphatic carbocycles. The van der Waals surface area contributed by atoms with Crippen LogP contribution >= 0.6 is 24.0 Å². The Morgan fingerprint density at radius 2 is 1.71 bits per heavy atom. The fourth-order valence-electron chi connectivity index (χ4n) is 3.49. The molecule has 2 heterocycles. The normalized spacial score (nSPS) is 14.6. The number of nitrogens with one attached hydrogen (secondary N) is 1. The van der Waals surface area contributed by atoms with E-state index in [0.29, 0.717) is 17.3 Å². The second kappa shape index (κ2) is 9.43. The number of nitrogens with zero attached hydrogens (tertiary/aromatic N) is 2. The SMILES string of the molecule is Cl.O=C(NCCN1CCOCC1)c1c(Cl)n(-c2ccccc2)c2ccccc12. The van der Waals surface area contributed by atoms with Gasteiger partial charge in [-0.1, -0.05) is 48.0 Å². The van der Waals surface area contributed by atoms with Gasteiger partial charge in [-0.3, -0.25) is 14.3 Å². The third-order valence-electron chi connectivity index (χ3n) is 4.88. The second-order valence-electron chi connectivity index (χ2n) is 6.56. The van der Waals surface area contributed by atoms with Crippen LogP contribution < -0.4 is 5.32 Å². The zero-order chi connectivity index (χ0) is 18.6. The van der Waals surface area contributed by atoms with E-state index in [9.17, 15) is 4.79 Å². The molecule has 7 heteroatoms. The molecule has 0 unspecified atom stereocenters. The number of fused-ring (bicyclic) bond motifs is 1. The molecule has 1 aromatic heterocycles. The minimum absolute atomic E-state index is 0. The van der Waals surface area contributed by atoms with Crippen LogP contribution in [-0.4, -0.2) is 54.8 Å². The highest BCUT2D eigenvalue weighted by Gasteiger charge is 2.22. The van der Waals surface area contributed by atoms with Crippen molar-refractivity contribution >= 4 is 40.8 Å². The number of rotatable bonds is 5. The molecule has 0 saturated carbocycles. The third-order valence-corrected chi connectivity index (χ3v) is 5.23. The minimum atomic E-state index is -0.140. The van der Waals surface area contributed by atoms with Gasteiger partial charge in [0.25, 0.3) is 5.91 Å².